The summed E-state index contributed by atoms with van der Waals surface area (Å²) in [4.78, 5) is 22.1. The minimum atomic E-state index is -0.142. The van der Waals surface area contributed by atoms with Gasteiger partial charge in [-0.2, -0.15) is 5.10 Å². The lowest BCUT2D eigenvalue weighted by atomic mass is 9.95. The standard InChI is InChI=1S/C22H25N5O2S/c1-26-19(6-10-24-26)25-18-13-15(5-9-23-18)17-14-16-20(30-17)22(7-3-4-8-22)27(21(16)28)11-12-29-2/h5-6,9-10,13-14H,3-4,7-8,11-12H2,1-2H3,(H,23,25). The Morgan fingerprint density at radius 2 is 2.07 bits per heavy atom. The van der Waals surface area contributed by atoms with E-state index in [9.17, 15) is 4.79 Å². The van der Waals surface area contributed by atoms with Gasteiger partial charge >= 0.3 is 0 Å². The number of nitrogens with one attached hydrogen (secondary N) is 1. The average Bonchev–Trinajstić information content (AvgIpc) is 3.51. The predicted octanol–water partition coefficient (Wildman–Crippen LogP) is 4.16. The van der Waals surface area contributed by atoms with Gasteiger partial charge in [-0.05, 0) is 36.6 Å². The lowest BCUT2D eigenvalue weighted by Crippen LogP contribution is -2.43. The fourth-order valence-electron chi connectivity index (χ4n) is 4.74. The Labute approximate surface area is 179 Å². The zero-order chi connectivity index (χ0) is 20.7. The summed E-state index contributed by atoms with van der Waals surface area (Å²) in [6.45, 7) is 1.22. The van der Waals surface area contributed by atoms with Gasteiger partial charge < -0.3 is 15.0 Å². The largest absolute Gasteiger partial charge is 0.383 e. The van der Waals surface area contributed by atoms with Crippen molar-refractivity contribution >= 4 is 28.9 Å². The first-order valence-corrected chi connectivity index (χ1v) is 11.1. The molecule has 156 valence electrons. The SMILES string of the molecule is COCCN1C(=O)c2cc(-c3ccnc(Nc4ccnn4C)c3)sc2C12CCCC2. The summed E-state index contributed by atoms with van der Waals surface area (Å²) in [5.41, 5.74) is 1.79. The molecule has 1 N–H and O–H groups in total. The molecule has 0 bridgehead atoms. The van der Waals surface area contributed by atoms with Crippen molar-refractivity contribution in [2.24, 2.45) is 7.05 Å². The number of anilines is 2. The van der Waals surface area contributed by atoms with Crippen LogP contribution < -0.4 is 5.32 Å². The number of nitrogens with zero attached hydrogens (tertiary/aromatic N) is 4. The number of carbonyl (C=O) groups is 1. The molecule has 1 aliphatic heterocycles. The van der Waals surface area contributed by atoms with Crippen LogP contribution in [-0.4, -0.2) is 45.8 Å². The van der Waals surface area contributed by atoms with Gasteiger partial charge in [-0.15, -0.1) is 11.3 Å². The van der Waals surface area contributed by atoms with Crippen LogP contribution in [0.4, 0.5) is 11.6 Å². The summed E-state index contributed by atoms with van der Waals surface area (Å²) in [6, 6.07) is 8.01. The molecule has 3 aromatic rings. The maximum Gasteiger partial charge on any atom is 0.255 e. The van der Waals surface area contributed by atoms with Crippen LogP contribution in [0.1, 0.15) is 40.9 Å². The highest BCUT2D eigenvalue weighted by Crippen LogP contribution is 2.54. The number of aryl methyl sites for hydroxylation is 1. The molecule has 8 heteroatoms. The third-order valence-corrected chi connectivity index (χ3v) is 7.60. The van der Waals surface area contributed by atoms with Crippen molar-refractivity contribution in [2.75, 3.05) is 25.6 Å². The Morgan fingerprint density at radius 3 is 2.80 bits per heavy atom. The second kappa shape index (κ2) is 7.52. The molecular weight excluding hydrogens is 398 g/mol. The second-order valence-electron chi connectivity index (χ2n) is 7.94. The zero-order valence-electron chi connectivity index (χ0n) is 17.2. The summed E-state index contributed by atoms with van der Waals surface area (Å²) in [5, 5.41) is 7.49. The van der Waals surface area contributed by atoms with E-state index in [-0.39, 0.29) is 11.4 Å². The van der Waals surface area contributed by atoms with Crippen molar-refractivity contribution in [1.82, 2.24) is 19.7 Å². The van der Waals surface area contributed by atoms with Crippen LogP contribution in [0.5, 0.6) is 0 Å². The molecule has 2 aliphatic rings. The molecule has 1 spiro atoms. The van der Waals surface area contributed by atoms with Crippen LogP contribution in [0.15, 0.2) is 36.7 Å². The number of ether oxygens (including phenoxy) is 1. The van der Waals surface area contributed by atoms with Gasteiger partial charge in [-0.1, -0.05) is 12.8 Å². The normalized spacial score (nSPS) is 17.1. The molecule has 1 amide bonds. The minimum Gasteiger partial charge on any atom is -0.383 e. The summed E-state index contributed by atoms with van der Waals surface area (Å²) in [5.74, 6) is 1.78. The van der Waals surface area contributed by atoms with Crippen molar-refractivity contribution in [3.8, 4) is 10.4 Å². The van der Waals surface area contributed by atoms with Gasteiger partial charge in [-0.3, -0.25) is 9.48 Å². The number of carbonyl (C=O) groups excluding carboxylic acids is 1. The molecule has 1 saturated carbocycles. The molecule has 0 atom stereocenters. The van der Waals surface area contributed by atoms with E-state index < -0.39 is 0 Å². The number of methoxy groups -OCH3 is 1. The van der Waals surface area contributed by atoms with Gasteiger partial charge in [0, 0.05) is 42.7 Å². The Bertz CT molecular complexity index is 1080. The molecular formula is C22H25N5O2S. The van der Waals surface area contributed by atoms with Crippen LogP contribution in [0.2, 0.25) is 0 Å². The van der Waals surface area contributed by atoms with Gasteiger partial charge in [0.2, 0.25) is 0 Å². The van der Waals surface area contributed by atoms with Crippen molar-refractivity contribution in [3.05, 3.63) is 47.1 Å². The number of thiophene rings is 1. The predicted molar refractivity (Wildman–Crippen MR) is 117 cm³/mol. The number of hydrogen-bond acceptors (Lipinski definition) is 6. The summed E-state index contributed by atoms with van der Waals surface area (Å²) in [6.07, 6.45) is 7.96. The highest BCUT2D eigenvalue weighted by Gasteiger charge is 2.52. The van der Waals surface area contributed by atoms with Gasteiger partial charge in [0.1, 0.15) is 11.6 Å². The molecule has 0 radical (unpaired) electrons. The number of hydrogen-bond donors (Lipinski definition) is 1. The van der Waals surface area contributed by atoms with E-state index in [0.717, 1.165) is 53.3 Å². The number of pyridine rings is 1. The third kappa shape index (κ3) is 3.02. The first-order valence-electron chi connectivity index (χ1n) is 10.3. The van der Waals surface area contributed by atoms with Crippen molar-refractivity contribution < 1.29 is 9.53 Å². The minimum absolute atomic E-state index is 0.142. The molecule has 7 nitrogen and oxygen atoms in total. The smallest absolute Gasteiger partial charge is 0.255 e. The molecule has 1 aliphatic carbocycles. The third-order valence-electron chi connectivity index (χ3n) is 6.22. The molecule has 1 fully saturated rings. The summed E-state index contributed by atoms with van der Waals surface area (Å²) >= 11 is 1.76. The number of fused-ring (bicyclic) bond motifs is 2. The topological polar surface area (TPSA) is 72.3 Å². The van der Waals surface area contributed by atoms with Gasteiger partial charge in [0.15, 0.2) is 0 Å². The van der Waals surface area contributed by atoms with Crippen molar-refractivity contribution in [1.29, 1.82) is 0 Å². The van der Waals surface area contributed by atoms with Gasteiger partial charge in [0.25, 0.3) is 5.91 Å². The van der Waals surface area contributed by atoms with Gasteiger partial charge in [0.05, 0.1) is 23.9 Å². The molecule has 3 aromatic heterocycles. The van der Waals surface area contributed by atoms with Crippen molar-refractivity contribution in [3.63, 3.8) is 0 Å². The summed E-state index contributed by atoms with van der Waals surface area (Å²) in [7, 11) is 3.58. The maximum absolute atomic E-state index is 13.3. The lowest BCUT2D eigenvalue weighted by molar-refractivity contribution is 0.0457. The molecule has 0 aromatic carbocycles. The first-order chi connectivity index (χ1) is 14.6. The molecule has 4 heterocycles. The molecule has 0 saturated heterocycles. The van der Waals surface area contributed by atoms with Crippen LogP contribution >= 0.6 is 11.3 Å². The van der Waals surface area contributed by atoms with Gasteiger partial charge in [-0.25, -0.2) is 4.98 Å². The van der Waals surface area contributed by atoms with E-state index in [1.54, 1.807) is 35.5 Å². The first kappa shape index (κ1) is 19.3. The highest BCUT2D eigenvalue weighted by molar-refractivity contribution is 7.16. The van der Waals surface area contributed by atoms with Crippen LogP contribution in [-0.2, 0) is 17.3 Å². The van der Waals surface area contributed by atoms with Crippen molar-refractivity contribution in [2.45, 2.75) is 31.2 Å². The quantitative estimate of drug-likeness (QED) is 0.645. The Kier molecular flexibility index (Phi) is 4.83. The maximum atomic E-state index is 13.3. The fourth-order valence-corrected chi connectivity index (χ4v) is 6.14. The number of amides is 1. The second-order valence-corrected chi connectivity index (χ2v) is 8.99. The molecule has 0 unspecified atom stereocenters. The lowest BCUT2D eigenvalue weighted by Gasteiger charge is -2.35. The van der Waals surface area contributed by atoms with E-state index in [1.165, 1.54) is 4.88 Å². The molecule has 5 rings (SSSR count). The molecule has 30 heavy (non-hydrogen) atoms. The van der Waals surface area contributed by atoms with E-state index in [1.807, 2.05) is 25.2 Å². The highest BCUT2D eigenvalue weighted by atomic mass is 32.1. The van der Waals surface area contributed by atoms with E-state index in [0.29, 0.717) is 13.2 Å². The van der Waals surface area contributed by atoms with E-state index >= 15 is 0 Å². The Balaban J connectivity index is 1.48. The Morgan fingerprint density at radius 1 is 1.23 bits per heavy atom. The Hall–Kier alpha value is -2.71. The fraction of sp³-hybridized carbons (Fsp3) is 0.409. The monoisotopic (exact) mass is 423 g/mol. The zero-order valence-corrected chi connectivity index (χ0v) is 18.0. The van der Waals surface area contributed by atoms with Crippen LogP contribution in [0.25, 0.3) is 10.4 Å². The number of aromatic nitrogens is 3. The summed E-state index contributed by atoms with van der Waals surface area (Å²) < 4.78 is 7.05. The number of rotatable bonds is 6. The van der Waals surface area contributed by atoms with Crippen LogP contribution in [0, 0.1) is 0 Å². The van der Waals surface area contributed by atoms with Crippen LogP contribution in [0.3, 0.4) is 0 Å². The average molecular weight is 424 g/mol. The van der Waals surface area contributed by atoms with E-state index in [4.69, 9.17) is 4.74 Å². The van der Waals surface area contributed by atoms with E-state index in [2.05, 4.69) is 26.4 Å².